The normalized spacial score (nSPS) is 17.3. The van der Waals surface area contributed by atoms with Crippen LogP contribution in [0.4, 0.5) is 0 Å². The van der Waals surface area contributed by atoms with Gasteiger partial charge < -0.3 is 21.3 Å². The molecule has 1 atom stereocenters. The molecule has 1 heterocycles. The van der Waals surface area contributed by atoms with Gasteiger partial charge in [0.05, 0.1) is 19.0 Å². The van der Waals surface area contributed by atoms with Gasteiger partial charge in [0.1, 0.15) is 0 Å². The maximum absolute atomic E-state index is 12.3. The van der Waals surface area contributed by atoms with Crippen LogP contribution in [0.2, 0.25) is 0 Å². The Kier molecular flexibility index (Phi) is 12.2. The molecule has 0 aromatic carbocycles. The molecule has 3 amide bonds. The van der Waals surface area contributed by atoms with Crippen LogP contribution in [0.5, 0.6) is 0 Å². The number of nitrogens with one attached hydrogen (secondary N) is 2. The second-order valence-corrected chi connectivity index (χ2v) is 6.25. The zero-order valence-electron chi connectivity index (χ0n) is 15.3. The maximum Gasteiger partial charge on any atom is 0.239 e. The van der Waals surface area contributed by atoms with Gasteiger partial charge in [0.15, 0.2) is 0 Å². The highest BCUT2D eigenvalue weighted by molar-refractivity contribution is 5.86. The van der Waals surface area contributed by atoms with Gasteiger partial charge in [-0.05, 0) is 25.8 Å². The van der Waals surface area contributed by atoms with Gasteiger partial charge in [-0.1, -0.05) is 6.92 Å². The van der Waals surface area contributed by atoms with Crippen LogP contribution in [-0.2, 0) is 14.4 Å². The van der Waals surface area contributed by atoms with Gasteiger partial charge in [0.25, 0.3) is 0 Å². The number of nitrogens with zero attached hydrogens (tertiary/aromatic N) is 2. The summed E-state index contributed by atoms with van der Waals surface area (Å²) >= 11 is 0. The predicted molar refractivity (Wildman–Crippen MR) is 99.4 cm³/mol. The molecule has 4 N–H and O–H groups in total. The van der Waals surface area contributed by atoms with Crippen LogP contribution in [0.1, 0.15) is 26.2 Å². The Morgan fingerprint density at radius 1 is 1.24 bits per heavy atom. The molecule has 1 unspecified atom stereocenters. The molecule has 1 saturated heterocycles. The lowest BCUT2D eigenvalue weighted by Gasteiger charge is -2.32. The van der Waals surface area contributed by atoms with Gasteiger partial charge in [0.2, 0.25) is 17.7 Å². The number of hydrogen-bond donors (Lipinski definition) is 3. The molecule has 0 aromatic rings. The van der Waals surface area contributed by atoms with Crippen molar-refractivity contribution >= 4 is 30.1 Å². The Morgan fingerprint density at radius 3 is 2.60 bits per heavy atom. The van der Waals surface area contributed by atoms with Crippen LogP contribution in [0.15, 0.2) is 0 Å². The van der Waals surface area contributed by atoms with Crippen molar-refractivity contribution in [3.05, 3.63) is 0 Å². The summed E-state index contributed by atoms with van der Waals surface area (Å²) in [6, 6.07) is 0. The molecule has 1 aliphatic rings. The Balaban J connectivity index is 0.00000576. The number of nitrogens with two attached hydrogens (primary N) is 1. The second kappa shape index (κ2) is 12.9. The monoisotopic (exact) mass is 377 g/mol. The smallest absolute Gasteiger partial charge is 0.239 e. The number of carbonyl (C=O) groups excluding carboxylic acids is 3. The Bertz CT molecular complexity index is 436. The van der Waals surface area contributed by atoms with E-state index < -0.39 is 0 Å². The van der Waals surface area contributed by atoms with Crippen molar-refractivity contribution in [2.24, 2.45) is 11.7 Å². The number of amides is 3. The first-order chi connectivity index (χ1) is 11.5. The van der Waals surface area contributed by atoms with Crippen LogP contribution in [0.25, 0.3) is 0 Å². The summed E-state index contributed by atoms with van der Waals surface area (Å²) < 4.78 is 0. The first-order valence-electron chi connectivity index (χ1n) is 8.68. The third-order valence-electron chi connectivity index (χ3n) is 4.06. The fourth-order valence-corrected chi connectivity index (χ4v) is 2.69. The van der Waals surface area contributed by atoms with Crippen molar-refractivity contribution in [1.29, 1.82) is 0 Å². The molecule has 0 bridgehead atoms. The van der Waals surface area contributed by atoms with Crippen molar-refractivity contribution < 1.29 is 14.4 Å². The topological polar surface area (TPSA) is 108 Å². The molecule has 1 aliphatic heterocycles. The van der Waals surface area contributed by atoms with E-state index >= 15 is 0 Å². The third kappa shape index (κ3) is 9.04. The van der Waals surface area contributed by atoms with E-state index in [1.165, 1.54) is 4.90 Å². The number of likely N-dealkylation sites (N-methyl/N-ethyl adjacent to an activating group) is 1. The molecule has 8 nitrogen and oxygen atoms in total. The number of rotatable bonds is 9. The first-order valence-corrected chi connectivity index (χ1v) is 8.68. The third-order valence-corrected chi connectivity index (χ3v) is 4.06. The Morgan fingerprint density at radius 2 is 1.96 bits per heavy atom. The highest BCUT2D eigenvalue weighted by Crippen LogP contribution is 2.16. The van der Waals surface area contributed by atoms with Gasteiger partial charge in [-0.15, -0.1) is 12.4 Å². The van der Waals surface area contributed by atoms with E-state index in [1.54, 1.807) is 7.05 Å². The molecular formula is C16H32ClN5O3. The van der Waals surface area contributed by atoms with Crippen molar-refractivity contribution in [1.82, 2.24) is 20.4 Å². The molecule has 0 aliphatic carbocycles. The lowest BCUT2D eigenvalue weighted by atomic mass is 9.97. The Labute approximate surface area is 156 Å². The zero-order valence-corrected chi connectivity index (χ0v) is 16.1. The average molecular weight is 378 g/mol. The lowest BCUT2D eigenvalue weighted by Crippen LogP contribution is -2.48. The van der Waals surface area contributed by atoms with Gasteiger partial charge in [-0.25, -0.2) is 0 Å². The van der Waals surface area contributed by atoms with E-state index in [2.05, 4.69) is 10.6 Å². The van der Waals surface area contributed by atoms with Gasteiger partial charge in [0, 0.05) is 33.2 Å². The van der Waals surface area contributed by atoms with Crippen LogP contribution in [0.3, 0.4) is 0 Å². The van der Waals surface area contributed by atoms with E-state index in [4.69, 9.17) is 5.73 Å². The van der Waals surface area contributed by atoms with Crippen LogP contribution in [0, 0.1) is 5.92 Å². The molecular weight excluding hydrogens is 346 g/mol. The molecule has 25 heavy (non-hydrogen) atoms. The van der Waals surface area contributed by atoms with Gasteiger partial charge in [-0.2, -0.15) is 0 Å². The summed E-state index contributed by atoms with van der Waals surface area (Å²) in [6.07, 6.45) is 2.58. The summed E-state index contributed by atoms with van der Waals surface area (Å²) in [5, 5.41) is 5.56. The highest BCUT2D eigenvalue weighted by atomic mass is 35.5. The number of hydrogen-bond acceptors (Lipinski definition) is 5. The van der Waals surface area contributed by atoms with Crippen LogP contribution >= 0.6 is 12.4 Å². The van der Waals surface area contributed by atoms with E-state index in [9.17, 15) is 14.4 Å². The van der Waals surface area contributed by atoms with E-state index in [0.29, 0.717) is 26.2 Å². The van der Waals surface area contributed by atoms with Gasteiger partial charge in [-0.3, -0.25) is 19.3 Å². The fraction of sp³-hybridized carbons (Fsp3) is 0.812. The van der Waals surface area contributed by atoms with Crippen molar-refractivity contribution in [3.8, 4) is 0 Å². The Hall–Kier alpha value is -1.38. The van der Waals surface area contributed by atoms with E-state index in [-0.39, 0.29) is 49.1 Å². The number of halogens is 1. The quantitative estimate of drug-likeness (QED) is 0.486. The molecule has 0 spiro atoms. The molecule has 1 fully saturated rings. The van der Waals surface area contributed by atoms with Crippen LogP contribution in [-0.4, -0.2) is 80.4 Å². The standard InChI is InChI=1S/C16H31N5O3.ClH/c1-3-7-18-14(22)11-20(2)15(23)12-21-9-4-5-13(10-21)16(24)19-8-6-17;/h13H,3-12,17H2,1-2H3,(H,18,22)(H,19,24);1H. The summed E-state index contributed by atoms with van der Waals surface area (Å²) in [4.78, 5) is 39.4. The van der Waals surface area contributed by atoms with Crippen molar-refractivity contribution in [3.63, 3.8) is 0 Å². The average Bonchev–Trinajstić information content (AvgIpc) is 2.57. The summed E-state index contributed by atoms with van der Waals surface area (Å²) in [5.74, 6) is -0.351. The maximum atomic E-state index is 12.3. The highest BCUT2D eigenvalue weighted by Gasteiger charge is 2.27. The number of piperidine rings is 1. The summed E-state index contributed by atoms with van der Waals surface area (Å²) in [6.45, 7) is 5.15. The lowest BCUT2D eigenvalue weighted by molar-refractivity contribution is -0.136. The summed E-state index contributed by atoms with van der Waals surface area (Å²) in [5.41, 5.74) is 5.39. The minimum absolute atomic E-state index is 0. The van der Waals surface area contributed by atoms with Crippen molar-refractivity contribution in [2.75, 3.05) is 52.9 Å². The van der Waals surface area contributed by atoms with Crippen LogP contribution < -0.4 is 16.4 Å². The second-order valence-electron chi connectivity index (χ2n) is 6.25. The first kappa shape index (κ1) is 23.6. The minimum Gasteiger partial charge on any atom is -0.355 e. The zero-order chi connectivity index (χ0) is 17.9. The minimum atomic E-state index is -0.148. The predicted octanol–water partition coefficient (Wildman–Crippen LogP) is -0.820. The molecule has 1 rings (SSSR count). The largest absolute Gasteiger partial charge is 0.355 e. The van der Waals surface area contributed by atoms with E-state index in [0.717, 1.165) is 25.8 Å². The molecule has 0 saturated carbocycles. The number of carbonyl (C=O) groups is 3. The van der Waals surface area contributed by atoms with Crippen molar-refractivity contribution in [2.45, 2.75) is 26.2 Å². The summed E-state index contributed by atoms with van der Waals surface area (Å²) in [7, 11) is 1.63. The molecule has 9 heteroatoms. The molecule has 0 radical (unpaired) electrons. The molecule has 0 aromatic heterocycles. The fourth-order valence-electron chi connectivity index (χ4n) is 2.69. The molecule has 146 valence electrons. The SMILES string of the molecule is CCCNC(=O)CN(C)C(=O)CN1CCCC(C(=O)NCCN)C1.Cl. The van der Waals surface area contributed by atoms with Gasteiger partial charge >= 0.3 is 0 Å². The van der Waals surface area contributed by atoms with E-state index in [1.807, 2.05) is 11.8 Å². The number of likely N-dealkylation sites (tertiary alicyclic amines) is 1.